The van der Waals surface area contributed by atoms with E-state index < -0.39 is 24.1 Å². The number of nitrogen functional groups attached to an aromatic ring is 1. The van der Waals surface area contributed by atoms with Crippen LogP contribution in [0.1, 0.15) is 6.42 Å². The quantitative estimate of drug-likeness (QED) is 0.663. The van der Waals surface area contributed by atoms with Crippen LogP contribution in [-0.2, 0) is 0 Å². The number of rotatable bonds is 4. The number of pyridine rings is 1. The molecule has 9 heteroatoms. The minimum Gasteiger partial charge on any atom is -0.384 e. The molecule has 0 radical (unpaired) electrons. The first-order valence-electron chi connectivity index (χ1n) is 4.89. The van der Waals surface area contributed by atoms with Crippen LogP contribution in [0.2, 0.25) is 0 Å². The van der Waals surface area contributed by atoms with Crippen molar-refractivity contribution in [2.75, 3.05) is 24.2 Å². The first kappa shape index (κ1) is 14.0. The normalized spacial score (nSPS) is 11.3. The second kappa shape index (κ2) is 5.07. The number of halogens is 3. The molecule has 1 rings (SSSR count). The molecular formula is C9H11F3N4O2. The van der Waals surface area contributed by atoms with Crippen molar-refractivity contribution in [3.8, 4) is 0 Å². The van der Waals surface area contributed by atoms with Crippen molar-refractivity contribution in [1.82, 2.24) is 4.98 Å². The minimum absolute atomic E-state index is 0.00876. The molecule has 100 valence electrons. The van der Waals surface area contributed by atoms with E-state index in [0.29, 0.717) is 0 Å². The molecule has 1 aromatic heterocycles. The van der Waals surface area contributed by atoms with Gasteiger partial charge in [-0.2, -0.15) is 13.2 Å². The SMILES string of the molecule is CN(CCC(F)(F)F)c1nc(N)ccc1[N+](=O)[O-]. The Kier molecular flexibility index (Phi) is 3.94. The van der Waals surface area contributed by atoms with E-state index in [1.54, 1.807) is 0 Å². The number of aromatic nitrogens is 1. The van der Waals surface area contributed by atoms with Crippen LogP contribution in [0.3, 0.4) is 0 Å². The highest BCUT2D eigenvalue weighted by atomic mass is 19.4. The van der Waals surface area contributed by atoms with Gasteiger partial charge in [-0.3, -0.25) is 10.1 Å². The van der Waals surface area contributed by atoms with Crippen LogP contribution < -0.4 is 10.6 Å². The van der Waals surface area contributed by atoms with Crippen LogP contribution in [0, 0.1) is 10.1 Å². The molecule has 2 N–H and O–H groups in total. The summed E-state index contributed by atoms with van der Waals surface area (Å²) in [5.74, 6) is -0.168. The molecule has 0 bridgehead atoms. The van der Waals surface area contributed by atoms with Gasteiger partial charge < -0.3 is 10.6 Å². The maximum Gasteiger partial charge on any atom is 0.390 e. The molecule has 0 aromatic carbocycles. The lowest BCUT2D eigenvalue weighted by atomic mass is 10.3. The summed E-state index contributed by atoms with van der Waals surface area (Å²) >= 11 is 0. The molecule has 0 aliphatic carbocycles. The van der Waals surface area contributed by atoms with E-state index in [0.717, 1.165) is 11.0 Å². The molecule has 0 saturated heterocycles. The second-order valence-electron chi connectivity index (χ2n) is 3.62. The van der Waals surface area contributed by atoms with Gasteiger partial charge in [0.1, 0.15) is 5.82 Å². The maximum absolute atomic E-state index is 12.1. The molecule has 6 nitrogen and oxygen atoms in total. The highest BCUT2D eigenvalue weighted by molar-refractivity contribution is 5.60. The average molecular weight is 264 g/mol. The van der Waals surface area contributed by atoms with E-state index in [1.165, 1.54) is 13.1 Å². The molecule has 0 fully saturated rings. The number of hydrogen-bond donors (Lipinski definition) is 1. The molecule has 0 aliphatic rings. The van der Waals surface area contributed by atoms with E-state index in [2.05, 4.69) is 4.98 Å². The average Bonchev–Trinajstić information content (AvgIpc) is 2.24. The highest BCUT2D eigenvalue weighted by Crippen LogP contribution is 2.27. The summed E-state index contributed by atoms with van der Waals surface area (Å²) in [6.07, 6.45) is -5.42. The van der Waals surface area contributed by atoms with Crippen molar-refractivity contribution in [2.24, 2.45) is 0 Å². The summed E-state index contributed by atoms with van der Waals surface area (Å²) in [7, 11) is 1.29. The lowest BCUT2D eigenvalue weighted by Crippen LogP contribution is -2.25. The predicted octanol–water partition coefficient (Wildman–Crippen LogP) is 1.96. The zero-order valence-corrected chi connectivity index (χ0v) is 9.44. The van der Waals surface area contributed by atoms with Crippen LogP contribution in [0.15, 0.2) is 12.1 Å². The number of nitrogens with zero attached hydrogens (tertiary/aromatic N) is 3. The molecule has 0 atom stereocenters. The van der Waals surface area contributed by atoms with Gasteiger partial charge in [0.05, 0.1) is 11.3 Å². The third kappa shape index (κ3) is 3.75. The molecule has 1 aromatic rings. The lowest BCUT2D eigenvalue weighted by Gasteiger charge is -2.18. The van der Waals surface area contributed by atoms with Gasteiger partial charge in [-0.25, -0.2) is 4.98 Å². The summed E-state index contributed by atoms with van der Waals surface area (Å²) < 4.78 is 36.2. The smallest absolute Gasteiger partial charge is 0.384 e. The van der Waals surface area contributed by atoms with Gasteiger partial charge in [0, 0.05) is 19.7 Å². The largest absolute Gasteiger partial charge is 0.390 e. The topological polar surface area (TPSA) is 85.3 Å². The Morgan fingerprint density at radius 1 is 1.50 bits per heavy atom. The number of hydrogen-bond acceptors (Lipinski definition) is 5. The zero-order chi connectivity index (χ0) is 13.9. The van der Waals surface area contributed by atoms with Gasteiger partial charge in [-0.05, 0) is 6.07 Å². The Hall–Kier alpha value is -2.06. The Labute approximate surface area is 100 Å². The third-order valence-corrected chi connectivity index (χ3v) is 2.17. The van der Waals surface area contributed by atoms with Gasteiger partial charge in [-0.1, -0.05) is 0 Å². The Morgan fingerprint density at radius 3 is 2.61 bits per heavy atom. The fraction of sp³-hybridized carbons (Fsp3) is 0.444. The Bertz CT molecular complexity index is 450. The molecule has 1 heterocycles. The minimum atomic E-state index is -4.33. The van der Waals surface area contributed by atoms with Crippen molar-refractivity contribution in [3.63, 3.8) is 0 Å². The predicted molar refractivity (Wildman–Crippen MR) is 59.2 cm³/mol. The van der Waals surface area contributed by atoms with Crippen LogP contribution in [0.25, 0.3) is 0 Å². The Balaban J connectivity index is 2.93. The maximum atomic E-state index is 12.1. The van der Waals surface area contributed by atoms with Crippen molar-refractivity contribution in [1.29, 1.82) is 0 Å². The number of nitrogens with two attached hydrogens (primary N) is 1. The first-order chi connectivity index (χ1) is 8.20. The van der Waals surface area contributed by atoms with Crippen LogP contribution in [-0.4, -0.2) is 29.7 Å². The summed E-state index contributed by atoms with van der Waals surface area (Å²) in [6.45, 7) is -0.430. The van der Waals surface area contributed by atoms with E-state index in [-0.39, 0.29) is 17.3 Å². The second-order valence-corrected chi connectivity index (χ2v) is 3.62. The highest BCUT2D eigenvalue weighted by Gasteiger charge is 2.29. The van der Waals surface area contributed by atoms with Gasteiger partial charge in [0.2, 0.25) is 5.82 Å². The van der Waals surface area contributed by atoms with Gasteiger partial charge in [0.15, 0.2) is 0 Å². The van der Waals surface area contributed by atoms with Crippen molar-refractivity contribution in [2.45, 2.75) is 12.6 Å². The van der Waals surface area contributed by atoms with E-state index >= 15 is 0 Å². The van der Waals surface area contributed by atoms with Gasteiger partial charge in [-0.15, -0.1) is 0 Å². The third-order valence-electron chi connectivity index (χ3n) is 2.17. The Morgan fingerprint density at radius 2 is 2.11 bits per heavy atom. The van der Waals surface area contributed by atoms with Crippen LogP contribution in [0.4, 0.5) is 30.5 Å². The molecule has 18 heavy (non-hydrogen) atoms. The van der Waals surface area contributed by atoms with E-state index in [4.69, 9.17) is 5.73 Å². The van der Waals surface area contributed by atoms with E-state index in [1.807, 2.05) is 0 Å². The monoisotopic (exact) mass is 264 g/mol. The van der Waals surface area contributed by atoms with E-state index in [9.17, 15) is 23.3 Å². The fourth-order valence-electron chi connectivity index (χ4n) is 1.28. The summed E-state index contributed by atoms with van der Waals surface area (Å²) in [5.41, 5.74) is 4.98. The number of anilines is 2. The van der Waals surface area contributed by atoms with Gasteiger partial charge >= 0.3 is 11.9 Å². The van der Waals surface area contributed by atoms with Crippen LogP contribution >= 0.6 is 0 Å². The standard InChI is InChI=1S/C9H11F3N4O2/c1-15(5-4-9(10,11)12)8-6(16(17)18)2-3-7(13)14-8/h2-3H,4-5H2,1H3,(H2,13,14). The molecule has 0 aliphatic heterocycles. The summed E-state index contributed by atoms with van der Waals surface area (Å²) in [4.78, 5) is 14.7. The number of nitro groups is 1. The van der Waals surface area contributed by atoms with Crippen molar-refractivity contribution < 1.29 is 18.1 Å². The summed E-state index contributed by atoms with van der Waals surface area (Å²) in [5, 5.41) is 10.7. The van der Waals surface area contributed by atoms with Gasteiger partial charge in [0.25, 0.3) is 0 Å². The number of alkyl halides is 3. The van der Waals surface area contributed by atoms with Crippen molar-refractivity contribution in [3.05, 3.63) is 22.2 Å². The first-order valence-corrected chi connectivity index (χ1v) is 4.89. The van der Waals surface area contributed by atoms with Crippen molar-refractivity contribution >= 4 is 17.3 Å². The molecule has 0 unspecified atom stereocenters. The molecule has 0 saturated carbocycles. The zero-order valence-electron chi connectivity index (χ0n) is 9.44. The lowest BCUT2D eigenvalue weighted by molar-refractivity contribution is -0.384. The molecule has 0 amide bonds. The van der Waals surface area contributed by atoms with Crippen LogP contribution in [0.5, 0.6) is 0 Å². The molecular weight excluding hydrogens is 253 g/mol. The summed E-state index contributed by atoms with van der Waals surface area (Å²) in [6, 6.07) is 2.33. The molecule has 0 spiro atoms. The fourth-order valence-corrected chi connectivity index (χ4v) is 1.28.